The van der Waals surface area contributed by atoms with Gasteiger partial charge >= 0.3 is 6.03 Å². The first-order valence-electron chi connectivity index (χ1n) is 5.46. The molecule has 1 aromatic carbocycles. The molecule has 0 spiro atoms. The van der Waals surface area contributed by atoms with Gasteiger partial charge in [-0.25, -0.2) is 4.79 Å². The zero-order valence-corrected chi connectivity index (χ0v) is 11.8. The van der Waals surface area contributed by atoms with E-state index in [0.717, 1.165) is 4.90 Å². The second-order valence-electron chi connectivity index (χ2n) is 3.90. The molecule has 0 saturated carbocycles. The molecule has 0 saturated heterocycles. The molecular weight excluding hydrogens is 272 g/mol. The van der Waals surface area contributed by atoms with Crippen molar-refractivity contribution in [3.63, 3.8) is 0 Å². The van der Waals surface area contributed by atoms with Gasteiger partial charge in [-0.2, -0.15) is 0 Å². The predicted octanol–water partition coefficient (Wildman–Crippen LogP) is 2.67. The number of amides is 3. The van der Waals surface area contributed by atoms with Crippen molar-refractivity contribution < 1.29 is 9.59 Å². The summed E-state index contributed by atoms with van der Waals surface area (Å²) >= 11 is 7.24. The van der Waals surface area contributed by atoms with Crippen molar-refractivity contribution in [2.75, 3.05) is 5.75 Å². The van der Waals surface area contributed by atoms with Crippen LogP contribution < -0.4 is 10.6 Å². The number of nitrogens with one attached hydrogen (secondary N) is 2. The molecule has 0 aliphatic carbocycles. The fraction of sp³-hybridized carbons (Fsp3) is 0.333. The van der Waals surface area contributed by atoms with E-state index >= 15 is 0 Å². The van der Waals surface area contributed by atoms with E-state index in [-0.39, 0.29) is 17.7 Å². The fourth-order valence-corrected chi connectivity index (χ4v) is 2.20. The van der Waals surface area contributed by atoms with E-state index in [0.29, 0.717) is 5.02 Å². The molecule has 18 heavy (non-hydrogen) atoms. The van der Waals surface area contributed by atoms with Crippen LogP contribution in [0.15, 0.2) is 29.2 Å². The van der Waals surface area contributed by atoms with E-state index in [4.69, 9.17) is 11.6 Å². The minimum atomic E-state index is -0.477. The number of halogens is 1. The number of rotatable bonds is 4. The van der Waals surface area contributed by atoms with Gasteiger partial charge in [0.1, 0.15) is 0 Å². The number of hydrogen-bond donors (Lipinski definition) is 2. The Morgan fingerprint density at radius 3 is 2.61 bits per heavy atom. The molecular formula is C12H15ClN2O2S. The van der Waals surface area contributed by atoms with Crippen LogP contribution in [0.4, 0.5) is 4.79 Å². The highest BCUT2D eigenvalue weighted by molar-refractivity contribution is 8.00. The monoisotopic (exact) mass is 286 g/mol. The largest absolute Gasteiger partial charge is 0.336 e. The molecule has 6 heteroatoms. The van der Waals surface area contributed by atoms with Gasteiger partial charge < -0.3 is 5.32 Å². The molecule has 0 atom stereocenters. The summed E-state index contributed by atoms with van der Waals surface area (Å²) in [5.41, 5.74) is 0. The molecule has 0 aliphatic rings. The van der Waals surface area contributed by atoms with Crippen LogP contribution in [0.2, 0.25) is 5.02 Å². The van der Waals surface area contributed by atoms with Gasteiger partial charge in [0.05, 0.1) is 10.8 Å². The first-order chi connectivity index (χ1) is 8.49. The third-order valence-electron chi connectivity index (χ3n) is 1.87. The molecule has 0 unspecified atom stereocenters. The van der Waals surface area contributed by atoms with Gasteiger partial charge in [-0.1, -0.05) is 23.7 Å². The van der Waals surface area contributed by atoms with Gasteiger partial charge in [0.2, 0.25) is 5.91 Å². The summed E-state index contributed by atoms with van der Waals surface area (Å²) in [4.78, 5) is 23.6. The topological polar surface area (TPSA) is 58.2 Å². The molecule has 4 nitrogen and oxygen atoms in total. The van der Waals surface area contributed by atoms with Crippen molar-refractivity contribution in [3.8, 4) is 0 Å². The lowest BCUT2D eigenvalue weighted by atomic mass is 10.4. The molecule has 2 N–H and O–H groups in total. The summed E-state index contributed by atoms with van der Waals surface area (Å²) in [6.07, 6.45) is 0. The van der Waals surface area contributed by atoms with Gasteiger partial charge in [-0.15, -0.1) is 11.8 Å². The average Bonchev–Trinajstić information content (AvgIpc) is 2.26. The number of hydrogen-bond acceptors (Lipinski definition) is 3. The summed E-state index contributed by atoms with van der Waals surface area (Å²) in [5, 5.41) is 5.42. The summed E-state index contributed by atoms with van der Waals surface area (Å²) in [6.45, 7) is 3.64. The normalized spacial score (nSPS) is 10.2. The van der Waals surface area contributed by atoms with E-state index in [1.807, 2.05) is 32.0 Å². The summed E-state index contributed by atoms with van der Waals surface area (Å²) in [7, 11) is 0. The van der Waals surface area contributed by atoms with Crippen molar-refractivity contribution in [2.24, 2.45) is 0 Å². The molecule has 0 fully saturated rings. The van der Waals surface area contributed by atoms with Crippen molar-refractivity contribution in [1.29, 1.82) is 0 Å². The zero-order chi connectivity index (χ0) is 13.5. The Hall–Kier alpha value is -1.20. The first kappa shape index (κ1) is 14.9. The Morgan fingerprint density at radius 2 is 2.00 bits per heavy atom. The first-order valence-corrected chi connectivity index (χ1v) is 6.83. The number of urea groups is 1. The van der Waals surface area contributed by atoms with Crippen molar-refractivity contribution in [1.82, 2.24) is 10.6 Å². The van der Waals surface area contributed by atoms with Gasteiger partial charge in [-0.05, 0) is 26.0 Å². The molecule has 1 aromatic rings. The third-order valence-corrected chi connectivity index (χ3v) is 3.38. The number of imide groups is 1. The highest BCUT2D eigenvalue weighted by Crippen LogP contribution is 2.26. The van der Waals surface area contributed by atoms with Gasteiger partial charge in [0.15, 0.2) is 0 Å². The van der Waals surface area contributed by atoms with Crippen LogP contribution in [0.25, 0.3) is 0 Å². The van der Waals surface area contributed by atoms with Crippen molar-refractivity contribution >= 4 is 35.3 Å². The van der Waals surface area contributed by atoms with Crippen molar-refractivity contribution in [3.05, 3.63) is 29.3 Å². The van der Waals surface area contributed by atoms with E-state index in [2.05, 4.69) is 10.6 Å². The van der Waals surface area contributed by atoms with E-state index in [1.54, 1.807) is 6.07 Å². The Bertz CT molecular complexity index is 438. The summed E-state index contributed by atoms with van der Waals surface area (Å²) in [6, 6.07) is 6.77. The molecule has 0 bridgehead atoms. The summed E-state index contributed by atoms with van der Waals surface area (Å²) < 4.78 is 0. The van der Waals surface area contributed by atoms with Crippen LogP contribution in [0, 0.1) is 0 Å². The fourth-order valence-electron chi connectivity index (χ4n) is 1.17. The molecule has 0 radical (unpaired) electrons. The average molecular weight is 287 g/mol. The highest BCUT2D eigenvalue weighted by Gasteiger charge is 2.09. The number of thioether (sulfide) groups is 1. The Labute approximate surface area is 115 Å². The molecule has 0 aromatic heterocycles. The van der Waals surface area contributed by atoms with Gasteiger partial charge in [0, 0.05) is 10.9 Å². The van der Waals surface area contributed by atoms with Crippen LogP contribution in [0.3, 0.4) is 0 Å². The maximum atomic E-state index is 11.5. The third kappa shape index (κ3) is 5.42. The minimum Gasteiger partial charge on any atom is -0.336 e. The maximum Gasteiger partial charge on any atom is 0.321 e. The van der Waals surface area contributed by atoms with E-state index in [1.165, 1.54) is 11.8 Å². The lowest BCUT2D eigenvalue weighted by Crippen LogP contribution is -2.43. The van der Waals surface area contributed by atoms with Crippen LogP contribution in [-0.4, -0.2) is 23.7 Å². The second-order valence-corrected chi connectivity index (χ2v) is 5.32. The van der Waals surface area contributed by atoms with Crippen LogP contribution in [-0.2, 0) is 4.79 Å². The standard InChI is InChI=1S/C12H15ClN2O2S/c1-8(2)14-12(17)15-11(16)7-18-10-6-4-3-5-9(10)13/h3-6,8H,7H2,1-2H3,(H2,14,15,16,17). The molecule has 98 valence electrons. The molecule has 3 amide bonds. The zero-order valence-electron chi connectivity index (χ0n) is 10.2. The van der Waals surface area contributed by atoms with E-state index in [9.17, 15) is 9.59 Å². The molecule has 0 aliphatic heterocycles. The second kappa shape index (κ2) is 7.28. The van der Waals surface area contributed by atoms with Gasteiger partial charge in [0.25, 0.3) is 0 Å². The smallest absolute Gasteiger partial charge is 0.321 e. The number of benzene rings is 1. The lowest BCUT2D eigenvalue weighted by molar-refractivity contribution is -0.117. The SMILES string of the molecule is CC(C)NC(=O)NC(=O)CSc1ccccc1Cl. The Morgan fingerprint density at radius 1 is 1.33 bits per heavy atom. The molecule has 0 heterocycles. The number of carbonyl (C=O) groups is 2. The Balaban J connectivity index is 2.38. The van der Waals surface area contributed by atoms with E-state index < -0.39 is 6.03 Å². The highest BCUT2D eigenvalue weighted by atomic mass is 35.5. The number of carbonyl (C=O) groups excluding carboxylic acids is 2. The van der Waals surface area contributed by atoms with Crippen LogP contribution in [0.5, 0.6) is 0 Å². The summed E-state index contributed by atoms with van der Waals surface area (Å²) in [5.74, 6) is -0.201. The van der Waals surface area contributed by atoms with Crippen molar-refractivity contribution in [2.45, 2.75) is 24.8 Å². The predicted molar refractivity (Wildman–Crippen MR) is 74.0 cm³/mol. The molecule has 1 rings (SSSR count). The van der Waals surface area contributed by atoms with Crippen LogP contribution in [0.1, 0.15) is 13.8 Å². The maximum absolute atomic E-state index is 11.5. The van der Waals surface area contributed by atoms with Gasteiger partial charge in [-0.3, -0.25) is 10.1 Å². The van der Waals surface area contributed by atoms with Crippen LogP contribution >= 0.6 is 23.4 Å². The Kier molecular flexibility index (Phi) is 6.01. The minimum absolute atomic E-state index is 0.00554. The lowest BCUT2D eigenvalue weighted by Gasteiger charge is -2.09. The quantitative estimate of drug-likeness (QED) is 0.837.